The van der Waals surface area contributed by atoms with Crippen LogP contribution < -0.4 is 5.32 Å². The van der Waals surface area contributed by atoms with E-state index in [1.165, 1.54) is 6.20 Å². The van der Waals surface area contributed by atoms with Crippen LogP contribution >= 0.6 is 0 Å². The molecule has 0 fully saturated rings. The molecule has 0 aromatic carbocycles. The molecule has 0 aliphatic carbocycles. The number of nitrogens with zero attached hydrogens (tertiary/aromatic N) is 2. The van der Waals surface area contributed by atoms with Gasteiger partial charge in [0.25, 0.3) is 0 Å². The fraction of sp³-hybridized carbons (Fsp3) is 0.286. The Hall–Kier alpha value is -1.85. The van der Waals surface area contributed by atoms with Crippen molar-refractivity contribution in [1.82, 2.24) is 14.9 Å². The molecule has 0 saturated heterocycles. The van der Waals surface area contributed by atoms with Gasteiger partial charge in [-0.1, -0.05) is 0 Å². The maximum absolute atomic E-state index is 10.9. The molecule has 1 aliphatic rings. The van der Waals surface area contributed by atoms with Gasteiger partial charge in [-0.15, -0.1) is 0 Å². The van der Waals surface area contributed by atoms with E-state index >= 15 is 0 Å². The summed E-state index contributed by atoms with van der Waals surface area (Å²) in [5, 5.41) is 11.2. The summed E-state index contributed by atoms with van der Waals surface area (Å²) in [6, 6.07) is 0. The first-order valence-corrected chi connectivity index (χ1v) is 3.73. The fourth-order valence-electron chi connectivity index (χ4n) is 1.21. The van der Waals surface area contributed by atoms with Gasteiger partial charge in [-0.05, 0) is 0 Å². The van der Waals surface area contributed by atoms with Crippen LogP contribution in [0.4, 0.5) is 0 Å². The Balaban J connectivity index is 2.39. The van der Waals surface area contributed by atoms with E-state index in [4.69, 9.17) is 5.11 Å². The van der Waals surface area contributed by atoms with Crippen LogP contribution in [0.1, 0.15) is 16.3 Å². The molecule has 0 atom stereocenters. The molecule has 0 saturated carbocycles. The number of imidazole rings is 1. The van der Waals surface area contributed by atoms with E-state index < -0.39 is 5.97 Å². The number of rotatable bonds is 1. The zero-order valence-electron chi connectivity index (χ0n) is 6.65. The summed E-state index contributed by atoms with van der Waals surface area (Å²) in [6.45, 7) is 0.300. The summed E-state index contributed by atoms with van der Waals surface area (Å²) >= 11 is 0. The molecular weight excluding hydrogens is 174 g/mol. The van der Waals surface area contributed by atoms with Crippen molar-refractivity contribution >= 4 is 11.9 Å². The quantitative estimate of drug-likeness (QED) is 0.594. The van der Waals surface area contributed by atoms with Gasteiger partial charge in [0.05, 0.1) is 13.1 Å². The lowest BCUT2D eigenvalue weighted by Gasteiger charge is -2.13. The molecule has 1 amide bonds. The monoisotopic (exact) mass is 181 g/mol. The van der Waals surface area contributed by atoms with Crippen LogP contribution in [0.2, 0.25) is 0 Å². The average molecular weight is 181 g/mol. The molecule has 68 valence electrons. The van der Waals surface area contributed by atoms with E-state index in [0.29, 0.717) is 12.5 Å². The van der Waals surface area contributed by atoms with Gasteiger partial charge < -0.3 is 15.0 Å². The summed E-state index contributed by atoms with van der Waals surface area (Å²) < 4.78 is 1.62. The minimum Gasteiger partial charge on any atom is -0.476 e. The van der Waals surface area contributed by atoms with Gasteiger partial charge in [0, 0.05) is 6.20 Å². The van der Waals surface area contributed by atoms with Crippen molar-refractivity contribution in [2.45, 2.75) is 13.1 Å². The maximum Gasteiger partial charge on any atom is 0.356 e. The van der Waals surface area contributed by atoms with Gasteiger partial charge in [-0.2, -0.15) is 0 Å². The predicted molar refractivity (Wildman–Crippen MR) is 41.0 cm³/mol. The largest absolute Gasteiger partial charge is 0.476 e. The normalized spacial score (nSPS) is 14.9. The third kappa shape index (κ3) is 1.26. The van der Waals surface area contributed by atoms with E-state index in [2.05, 4.69) is 10.3 Å². The van der Waals surface area contributed by atoms with Crippen molar-refractivity contribution in [2.75, 3.05) is 0 Å². The number of hydrogen-bond acceptors (Lipinski definition) is 3. The second-order valence-electron chi connectivity index (χ2n) is 2.75. The molecule has 0 spiro atoms. The number of hydrogen-bond donors (Lipinski definition) is 2. The van der Waals surface area contributed by atoms with Gasteiger partial charge in [0.15, 0.2) is 5.69 Å². The highest BCUT2D eigenvalue weighted by Gasteiger charge is 2.19. The minimum absolute atomic E-state index is 0.0218. The number of aromatic nitrogens is 2. The number of carbonyl (C=O) groups excluding carboxylic acids is 1. The third-order valence-electron chi connectivity index (χ3n) is 1.84. The summed E-state index contributed by atoms with van der Waals surface area (Å²) in [5.74, 6) is -0.703. The number of fused-ring (bicyclic) bond motifs is 1. The molecule has 0 unspecified atom stereocenters. The van der Waals surface area contributed by atoms with Crippen molar-refractivity contribution in [3.63, 3.8) is 0 Å². The Labute approximate surface area is 73.2 Å². The van der Waals surface area contributed by atoms with E-state index in [9.17, 15) is 9.59 Å². The molecule has 2 rings (SSSR count). The highest BCUT2D eigenvalue weighted by atomic mass is 16.4. The Morgan fingerprint density at radius 3 is 3.15 bits per heavy atom. The van der Waals surface area contributed by atoms with Crippen LogP contribution in [0.3, 0.4) is 0 Å². The summed E-state index contributed by atoms with van der Waals surface area (Å²) in [7, 11) is 0. The average Bonchev–Trinajstić information content (AvgIpc) is 2.46. The summed E-state index contributed by atoms with van der Waals surface area (Å²) in [4.78, 5) is 25.2. The Kier molecular flexibility index (Phi) is 1.54. The van der Waals surface area contributed by atoms with Crippen LogP contribution in [0.5, 0.6) is 0 Å². The number of carbonyl (C=O) groups is 2. The fourth-order valence-corrected chi connectivity index (χ4v) is 1.21. The van der Waals surface area contributed by atoms with Crippen LogP contribution in [0.25, 0.3) is 0 Å². The zero-order valence-corrected chi connectivity index (χ0v) is 6.65. The van der Waals surface area contributed by atoms with Crippen LogP contribution in [0.15, 0.2) is 6.20 Å². The molecule has 0 bridgehead atoms. The first-order valence-electron chi connectivity index (χ1n) is 3.73. The van der Waals surface area contributed by atoms with Crippen molar-refractivity contribution in [2.24, 2.45) is 0 Å². The standard InChI is InChI=1S/C7H7N3O3/c11-6-1-5-9-4(7(12)13)2-10(5)3-8-6/h2H,1,3H2,(H,8,11)(H,12,13). The van der Waals surface area contributed by atoms with Crippen molar-refractivity contribution < 1.29 is 14.7 Å². The molecule has 1 aromatic heterocycles. The van der Waals surface area contributed by atoms with Crippen LogP contribution in [-0.4, -0.2) is 26.5 Å². The molecule has 6 nitrogen and oxygen atoms in total. The Morgan fingerprint density at radius 1 is 1.69 bits per heavy atom. The first kappa shape index (κ1) is 7.78. The first-order chi connectivity index (χ1) is 6.16. The Bertz CT molecular complexity index is 382. The Morgan fingerprint density at radius 2 is 2.46 bits per heavy atom. The highest BCUT2D eigenvalue weighted by Crippen LogP contribution is 2.07. The lowest BCUT2D eigenvalue weighted by atomic mass is 10.3. The number of carboxylic acids is 1. The molecule has 13 heavy (non-hydrogen) atoms. The number of aromatic carboxylic acids is 1. The van der Waals surface area contributed by atoms with E-state index in [0.717, 1.165) is 0 Å². The zero-order chi connectivity index (χ0) is 9.42. The van der Waals surface area contributed by atoms with E-state index in [1.54, 1.807) is 4.57 Å². The highest BCUT2D eigenvalue weighted by molar-refractivity contribution is 5.85. The van der Waals surface area contributed by atoms with E-state index in [1.807, 2.05) is 0 Å². The predicted octanol–water partition coefficient (Wildman–Crippen LogP) is -0.789. The molecule has 1 aromatic rings. The topological polar surface area (TPSA) is 84.2 Å². The molecule has 0 radical (unpaired) electrons. The number of nitrogens with one attached hydrogen (secondary N) is 1. The van der Waals surface area contributed by atoms with Gasteiger partial charge >= 0.3 is 5.97 Å². The van der Waals surface area contributed by atoms with Gasteiger partial charge in [0.1, 0.15) is 5.82 Å². The summed E-state index contributed by atoms with van der Waals surface area (Å²) in [6.07, 6.45) is 1.56. The lowest BCUT2D eigenvalue weighted by molar-refractivity contribution is -0.121. The SMILES string of the molecule is O=C1Cc2nc(C(=O)O)cn2CN1. The second-order valence-corrected chi connectivity index (χ2v) is 2.75. The molecule has 1 aliphatic heterocycles. The molecule has 2 heterocycles. The molecule has 2 N–H and O–H groups in total. The van der Waals surface area contributed by atoms with Crippen LogP contribution in [0, 0.1) is 0 Å². The van der Waals surface area contributed by atoms with Crippen molar-refractivity contribution in [3.8, 4) is 0 Å². The molecule has 6 heteroatoms. The van der Waals surface area contributed by atoms with Gasteiger partial charge in [-0.3, -0.25) is 4.79 Å². The van der Waals surface area contributed by atoms with Crippen molar-refractivity contribution in [3.05, 3.63) is 17.7 Å². The third-order valence-corrected chi connectivity index (χ3v) is 1.84. The van der Waals surface area contributed by atoms with Gasteiger partial charge in [-0.25, -0.2) is 9.78 Å². The smallest absolute Gasteiger partial charge is 0.356 e. The summed E-state index contributed by atoms with van der Waals surface area (Å²) in [5.41, 5.74) is -0.0218. The second kappa shape index (κ2) is 2.58. The molecular formula is C7H7N3O3. The lowest BCUT2D eigenvalue weighted by Crippen LogP contribution is -2.34. The maximum atomic E-state index is 10.9. The number of amides is 1. The van der Waals surface area contributed by atoms with Crippen LogP contribution in [-0.2, 0) is 17.9 Å². The number of carboxylic acid groups (broad SMARTS) is 1. The van der Waals surface area contributed by atoms with Crippen molar-refractivity contribution in [1.29, 1.82) is 0 Å². The van der Waals surface area contributed by atoms with E-state index in [-0.39, 0.29) is 18.0 Å². The van der Waals surface area contributed by atoms with Gasteiger partial charge in [0.2, 0.25) is 5.91 Å². The minimum atomic E-state index is -1.07.